The first-order valence-electron chi connectivity index (χ1n) is 10.4. The third-order valence-corrected chi connectivity index (χ3v) is 4.68. The third kappa shape index (κ3) is 7.16. The number of aliphatic imine (C=N–C) groups is 1. The van der Waals surface area contributed by atoms with Crippen molar-refractivity contribution in [2.24, 2.45) is 4.99 Å². The predicted molar refractivity (Wildman–Crippen MR) is 116 cm³/mol. The molecule has 31 heavy (non-hydrogen) atoms. The quantitative estimate of drug-likeness (QED) is 0.459. The van der Waals surface area contributed by atoms with Gasteiger partial charge in [0.1, 0.15) is 17.1 Å². The Balaban J connectivity index is 1.90. The van der Waals surface area contributed by atoms with E-state index in [1.807, 2.05) is 41.5 Å². The Labute approximate surface area is 183 Å². The number of ether oxygens (including phenoxy) is 2. The lowest BCUT2D eigenvalue weighted by Gasteiger charge is -2.35. The van der Waals surface area contributed by atoms with Gasteiger partial charge in [0.2, 0.25) is 5.91 Å². The molecule has 0 aromatic carbocycles. The maximum absolute atomic E-state index is 12.8. The minimum absolute atomic E-state index is 0.0401. The minimum atomic E-state index is -0.809. The van der Waals surface area contributed by atoms with Crippen LogP contribution in [-0.4, -0.2) is 66.5 Å². The van der Waals surface area contributed by atoms with Gasteiger partial charge in [-0.2, -0.15) is 0 Å². The molecule has 0 spiro atoms. The molecule has 0 saturated carbocycles. The first-order chi connectivity index (χ1) is 14.4. The minimum Gasteiger partial charge on any atom is -0.467 e. The zero-order chi connectivity index (χ0) is 23.2. The smallest absolute Gasteiger partial charge is 0.412 e. The van der Waals surface area contributed by atoms with Crippen LogP contribution >= 0.6 is 0 Å². The molecule has 1 aliphatic heterocycles. The second-order valence-corrected chi connectivity index (χ2v) is 8.85. The van der Waals surface area contributed by atoms with Gasteiger partial charge in [0, 0.05) is 13.6 Å². The number of nitrogens with one attached hydrogen (secondary N) is 3. The summed E-state index contributed by atoms with van der Waals surface area (Å²) in [6.07, 6.45) is 0.903. The van der Waals surface area contributed by atoms with E-state index in [1.54, 1.807) is 30.3 Å². The SMILES string of the molecule is CN=C(NCC(=O)NCc1ccco1)NCC1C(C)OC(C)(C)N1C(=O)OC(C)(C)C. The summed E-state index contributed by atoms with van der Waals surface area (Å²) in [5.74, 6) is 0.915. The first-order valence-corrected chi connectivity index (χ1v) is 10.4. The van der Waals surface area contributed by atoms with Gasteiger partial charge in [0.25, 0.3) is 0 Å². The molecule has 1 aliphatic rings. The Kier molecular flexibility index (Phi) is 7.94. The van der Waals surface area contributed by atoms with Crippen LogP contribution in [0.1, 0.15) is 47.3 Å². The monoisotopic (exact) mass is 437 g/mol. The molecule has 2 atom stereocenters. The predicted octanol–water partition coefficient (Wildman–Crippen LogP) is 1.82. The van der Waals surface area contributed by atoms with Crippen molar-refractivity contribution in [2.45, 2.75) is 71.6 Å². The molecule has 0 radical (unpaired) electrons. The normalized spacial score (nSPS) is 21.0. The molecule has 0 aliphatic carbocycles. The Hall–Kier alpha value is -2.75. The molecular weight excluding hydrogens is 402 g/mol. The van der Waals surface area contributed by atoms with Crippen LogP contribution in [0, 0.1) is 0 Å². The summed E-state index contributed by atoms with van der Waals surface area (Å²) in [5.41, 5.74) is -1.42. The van der Waals surface area contributed by atoms with E-state index in [4.69, 9.17) is 13.9 Å². The fourth-order valence-electron chi connectivity index (χ4n) is 3.37. The largest absolute Gasteiger partial charge is 0.467 e. The number of guanidine groups is 1. The van der Waals surface area contributed by atoms with E-state index in [0.717, 1.165) is 0 Å². The van der Waals surface area contributed by atoms with Crippen LogP contribution in [0.4, 0.5) is 4.79 Å². The molecule has 0 bridgehead atoms. The van der Waals surface area contributed by atoms with Gasteiger partial charge >= 0.3 is 6.09 Å². The van der Waals surface area contributed by atoms with Crippen molar-refractivity contribution in [3.05, 3.63) is 24.2 Å². The lowest BCUT2D eigenvalue weighted by molar-refractivity contribution is -0.120. The van der Waals surface area contributed by atoms with Crippen molar-refractivity contribution in [1.29, 1.82) is 0 Å². The molecule has 2 amide bonds. The van der Waals surface area contributed by atoms with Crippen LogP contribution in [0.5, 0.6) is 0 Å². The highest BCUT2D eigenvalue weighted by atomic mass is 16.6. The maximum atomic E-state index is 12.8. The van der Waals surface area contributed by atoms with Crippen molar-refractivity contribution in [2.75, 3.05) is 20.1 Å². The van der Waals surface area contributed by atoms with Gasteiger partial charge in [-0.25, -0.2) is 4.79 Å². The van der Waals surface area contributed by atoms with Crippen molar-refractivity contribution >= 4 is 18.0 Å². The molecule has 1 aromatic heterocycles. The van der Waals surface area contributed by atoms with Crippen LogP contribution in [0.2, 0.25) is 0 Å². The van der Waals surface area contributed by atoms with Crippen molar-refractivity contribution < 1.29 is 23.5 Å². The van der Waals surface area contributed by atoms with Crippen LogP contribution in [-0.2, 0) is 20.8 Å². The molecule has 3 N–H and O–H groups in total. The summed E-state index contributed by atoms with van der Waals surface area (Å²) in [7, 11) is 1.61. The number of rotatable bonds is 6. The van der Waals surface area contributed by atoms with Gasteiger partial charge < -0.3 is 29.8 Å². The van der Waals surface area contributed by atoms with Gasteiger partial charge in [0.15, 0.2) is 5.96 Å². The second-order valence-electron chi connectivity index (χ2n) is 8.85. The van der Waals surface area contributed by atoms with Crippen molar-refractivity contribution in [3.8, 4) is 0 Å². The average Bonchev–Trinajstić information content (AvgIpc) is 3.23. The Morgan fingerprint density at radius 2 is 1.97 bits per heavy atom. The van der Waals surface area contributed by atoms with Gasteiger partial charge in [-0.3, -0.25) is 14.7 Å². The van der Waals surface area contributed by atoms with E-state index in [2.05, 4.69) is 20.9 Å². The number of amides is 2. The Bertz CT molecular complexity index is 770. The van der Waals surface area contributed by atoms with Crippen molar-refractivity contribution in [3.63, 3.8) is 0 Å². The number of carbonyl (C=O) groups is 2. The van der Waals surface area contributed by atoms with E-state index in [-0.39, 0.29) is 24.6 Å². The van der Waals surface area contributed by atoms with Gasteiger partial charge in [-0.05, 0) is 53.7 Å². The summed E-state index contributed by atoms with van der Waals surface area (Å²) in [6, 6.07) is 3.27. The van der Waals surface area contributed by atoms with Crippen LogP contribution in [0.15, 0.2) is 27.8 Å². The maximum Gasteiger partial charge on any atom is 0.412 e. The lowest BCUT2D eigenvalue weighted by atomic mass is 10.1. The first kappa shape index (κ1) is 24.5. The van der Waals surface area contributed by atoms with Crippen LogP contribution in [0.3, 0.4) is 0 Å². The highest BCUT2D eigenvalue weighted by Crippen LogP contribution is 2.33. The Morgan fingerprint density at radius 1 is 1.26 bits per heavy atom. The molecule has 2 heterocycles. The molecule has 2 unspecified atom stereocenters. The molecule has 1 saturated heterocycles. The molecule has 1 fully saturated rings. The fourth-order valence-corrected chi connectivity index (χ4v) is 3.37. The summed E-state index contributed by atoms with van der Waals surface area (Å²) in [5, 5.41) is 8.88. The van der Waals surface area contributed by atoms with Gasteiger partial charge in [-0.15, -0.1) is 0 Å². The molecule has 10 heteroatoms. The highest BCUT2D eigenvalue weighted by Gasteiger charge is 2.49. The lowest BCUT2D eigenvalue weighted by Crippen LogP contribution is -2.54. The second kappa shape index (κ2) is 10.0. The van der Waals surface area contributed by atoms with E-state index in [0.29, 0.717) is 24.8 Å². The number of carbonyl (C=O) groups excluding carboxylic acids is 2. The molecular formula is C21H35N5O5. The number of hydrogen-bond acceptors (Lipinski definition) is 6. The summed E-state index contributed by atoms with van der Waals surface area (Å²) in [4.78, 5) is 30.6. The standard InChI is InChI=1S/C21H35N5O5/c1-14-16(26(21(5,6)30-14)19(28)31-20(2,3)4)12-24-18(22-7)25-13-17(27)23-11-15-9-8-10-29-15/h8-10,14,16H,11-13H2,1-7H3,(H,23,27)(H2,22,24,25). The molecule has 174 valence electrons. The van der Waals surface area contributed by atoms with Crippen LogP contribution in [0.25, 0.3) is 0 Å². The zero-order valence-corrected chi connectivity index (χ0v) is 19.4. The summed E-state index contributed by atoms with van der Waals surface area (Å²) >= 11 is 0. The average molecular weight is 438 g/mol. The summed E-state index contributed by atoms with van der Waals surface area (Å²) < 4.78 is 16.8. The highest BCUT2D eigenvalue weighted by molar-refractivity contribution is 5.86. The molecule has 10 nitrogen and oxygen atoms in total. The zero-order valence-electron chi connectivity index (χ0n) is 19.4. The number of furan rings is 1. The third-order valence-electron chi connectivity index (χ3n) is 4.68. The van der Waals surface area contributed by atoms with Crippen LogP contribution < -0.4 is 16.0 Å². The fraction of sp³-hybridized carbons (Fsp3) is 0.667. The summed E-state index contributed by atoms with van der Waals surface area (Å²) in [6.45, 7) is 11.8. The van der Waals surface area contributed by atoms with Crippen molar-refractivity contribution in [1.82, 2.24) is 20.9 Å². The van der Waals surface area contributed by atoms with E-state index in [9.17, 15) is 9.59 Å². The van der Waals surface area contributed by atoms with Gasteiger partial charge in [-0.1, -0.05) is 0 Å². The van der Waals surface area contributed by atoms with E-state index in [1.165, 1.54) is 0 Å². The van der Waals surface area contributed by atoms with E-state index >= 15 is 0 Å². The molecule has 1 aromatic rings. The topological polar surface area (TPSA) is 117 Å². The van der Waals surface area contributed by atoms with Gasteiger partial charge in [0.05, 0.1) is 31.5 Å². The molecule has 2 rings (SSSR count). The Morgan fingerprint density at radius 3 is 2.55 bits per heavy atom. The number of nitrogens with zero attached hydrogens (tertiary/aromatic N) is 2. The number of hydrogen-bond donors (Lipinski definition) is 3. The van der Waals surface area contributed by atoms with E-state index < -0.39 is 17.4 Å².